The molecule has 0 heterocycles. The van der Waals surface area contributed by atoms with Crippen LogP contribution in [0.5, 0.6) is 0 Å². The monoisotopic (exact) mass is 113 g/mol. The van der Waals surface area contributed by atoms with Gasteiger partial charge in [0, 0.05) is 0 Å². The van der Waals surface area contributed by atoms with Crippen LogP contribution in [-0.4, -0.2) is 11.2 Å². The fraction of sp³-hybridized carbons (Fsp3) is 0.833. The molecule has 2 nitrogen and oxygen atoms in total. The topological polar surface area (TPSA) is 44.0 Å². The Balaban J connectivity index is 3.08. The highest BCUT2D eigenvalue weighted by Gasteiger charge is 1.98. The second-order valence-corrected chi connectivity index (χ2v) is 1.80. The van der Waals surface area contributed by atoms with Gasteiger partial charge in [0.1, 0.15) is 0 Å². The number of hydrogen-bond donors (Lipinski definition) is 1. The fourth-order valence-electron chi connectivity index (χ4n) is 0.541. The summed E-state index contributed by atoms with van der Waals surface area (Å²) in [5.41, 5.74) is 0. The Kier molecular flexibility index (Phi) is 4.29. The summed E-state index contributed by atoms with van der Waals surface area (Å²) in [4.78, 5) is 0. The van der Waals surface area contributed by atoms with Crippen molar-refractivity contribution in [3.63, 3.8) is 0 Å². The molecule has 1 atom stereocenters. The maximum Gasteiger partial charge on any atom is 0.0670 e. The van der Waals surface area contributed by atoms with Crippen LogP contribution in [0.15, 0.2) is 0 Å². The Bertz CT molecular complexity index is 85.0. The molecule has 0 aliphatic heterocycles. The molecule has 1 N–H and O–H groups in total. The summed E-state index contributed by atoms with van der Waals surface area (Å²) in [6, 6.07) is 1.90. The van der Waals surface area contributed by atoms with Crippen LogP contribution in [0.3, 0.4) is 0 Å². The third kappa shape index (κ3) is 3.63. The van der Waals surface area contributed by atoms with Gasteiger partial charge in [0.15, 0.2) is 0 Å². The molecule has 0 aromatic heterocycles. The molecule has 0 spiro atoms. The van der Waals surface area contributed by atoms with Gasteiger partial charge in [0.25, 0.3) is 0 Å². The van der Waals surface area contributed by atoms with Crippen LogP contribution in [-0.2, 0) is 0 Å². The number of hydrogen-bond acceptors (Lipinski definition) is 2. The summed E-state index contributed by atoms with van der Waals surface area (Å²) in [5, 5.41) is 16.9. The summed E-state index contributed by atoms with van der Waals surface area (Å²) < 4.78 is 0. The zero-order chi connectivity index (χ0) is 6.41. The zero-order valence-electron chi connectivity index (χ0n) is 5.09. The molecule has 0 saturated heterocycles. The predicted octanol–water partition coefficient (Wildman–Crippen LogP) is 1.06. The molecule has 8 heavy (non-hydrogen) atoms. The van der Waals surface area contributed by atoms with E-state index >= 15 is 0 Å². The Labute approximate surface area is 49.8 Å². The average molecular weight is 113 g/mol. The maximum atomic E-state index is 8.83. The average Bonchev–Trinajstić information content (AvgIpc) is 1.68. The van der Waals surface area contributed by atoms with E-state index in [1.807, 2.05) is 13.0 Å². The molecule has 0 aliphatic carbocycles. The molecule has 0 bridgehead atoms. The Morgan fingerprint density at radius 2 is 2.38 bits per heavy atom. The normalized spacial score (nSPS) is 12.6. The van der Waals surface area contributed by atoms with Gasteiger partial charge < -0.3 is 5.11 Å². The van der Waals surface area contributed by atoms with Gasteiger partial charge in [0.05, 0.1) is 18.6 Å². The van der Waals surface area contributed by atoms with Crippen LogP contribution in [0.2, 0.25) is 0 Å². The van der Waals surface area contributed by atoms with Crippen LogP contribution in [0, 0.1) is 11.3 Å². The highest BCUT2D eigenvalue weighted by molar-refractivity contribution is 4.74. The molecule has 46 valence electrons. The highest BCUT2D eigenvalue weighted by atomic mass is 16.3. The zero-order valence-corrected chi connectivity index (χ0v) is 5.09. The first-order valence-electron chi connectivity index (χ1n) is 2.86. The fourth-order valence-corrected chi connectivity index (χ4v) is 0.541. The van der Waals surface area contributed by atoms with Gasteiger partial charge >= 0.3 is 0 Å². The Hall–Kier alpha value is -0.550. The van der Waals surface area contributed by atoms with Gasteiger partial charge in [-0.25, -0.2) is 0 Å². The SMILES string of the molecule is CCCC(O)CC#N. The van der Waals surface area contributed by atoms with Crippen molar-refractivity contribution >= 4 is 0 Å². The van der Waals surface area contributed by atoms with E-state index < -0.39 is 6.10 Å². The van der Waals surface area contributed by atoms with Crippen molar-refractivity contribution in [3.8, 4) is 6.07 Å². The number of nitriles is 1. The van der Waals surface area contributed by atoms with Crippen molar-refractivity contribution in [3.05, 3.63) is 0 Å². The Morgan fingerprint density at radius 1 is 1.75 bits per heavy atom. The number of nitrogens with zero attached hydrogens (tertiary/aromatic N) is 1. The smallest absolute Gasteiger partial charge is 0.0670 e. The van der Waals surface area contributed by atoms with Gasteiger partial charge in [-0.1, -0.05) is 13.3 Å². The molecule has 2 heteroatoms. The van der Waals surface area contributed by atoms with Crippen molar-refractivity contribution in [2.45, 2.75) is 32.3 Å². The maximum absolute atomic E-state index is 8.83. The third-order valence-electron chi connectivity index (χ3n) is 0.949. The lowest BCUT2D eigenvalue weighted by Gasteiger charge is -2.00. The molecule has 0 aromatic carbocycles. The van der Waals surface area contributed by atoms with E-state index in [4.69, 9.17) is 10.4 Å². The van der Waals surface area contributed by atoms with Crippen molar-refractivity contribution in [1.82, 2.24) is 0 Å². The minimum Gasteiger partial charge on any atom is -0.392 e. The molecule has 0 fully saturated rings. The molecule has 0 aromatic rings. The summed E-state index contributed by atoms with van der Waals surface area (Å²) in [5.74, 6) is 0. The van der Waals surface area contributed by atoms with E-state index in [0.29, 0.717) is 0 Å². The van der Waals surface area contributed by atoms with Crippen molar-refractivity contribution in [2.75, 3.05) is 0 Å². The molecule has 1 unspecified atom stereocenters. The van der Waals surface area contributed by atoms with E-state index in [9.17, 15) is 0 Å². The number of rotatable bonds is 3. The standard InChI is InChI=1S/C6H11NO/c1-2-3-6(8)4-5-7/h6,8H,2-4H2,1H3. The van der Waals surface area contributed by atoms with Crippen molar-refractivity contribution in [2.24, 2.45) is 0 Å². The lowest BCUT2D eigenvalue weighted by atomic mass is 10.2. The summed E-state index contributed by atoms with van der Waals surface area (Å²) in [6.07, 6.45) is 1.56. The van der Waals surface area contributed by atoms with E-state index in [1.165, 1.54) is 0 Å². The molecule has 0 radical (unpaired) electrons. The van der Waals surface area contributed by atoms with Crippen LogP contribution in [0.4, 0.5) is 0 Å². The van der Waals surface area contributed by atoms with Gasteiger partial charge in [-0.2, -0.15) is 5.26 Å². The van der Waals surface area contributed by atoms with E-state index in [0.717, 1.165) is 12.8 Å². The van der Waals surface area contributed by atoms with Gasteiger partial charge in [0.2, 0.25) is 0 Å². The van der Waals surface area contributed by atoms with Crippen LogP contribution in [0.25, 0.3) is 0 Å². The van der Waals surface area contributed by atoms with E-state index in [1.54, 1.807) is 0 Å². The number of aliphatic hydroxyl groups excluding tert-OH is 1. The molecule has 0 amide bonds. The van der Waals surface area contributed by atoms with E-state index in [2.05, 4.69) is 0 Å². The quantitative estimate of drug-likeness (QED) is 0.594. The van der Waals surface area contributed by atoms with Gasteiger partial charge in [-0.05, 0) is 6.42 Å². The van der Waals surface area contributed by atoms with Crippen molar-refractivity contribution in [1.29, 1.82) is 5.26 Å². The minimum absolute atomic E-state index is 0.272. The van der Waals surface area contributed by atoms with Crippen LogP contribution >= 0.6 is 0 Å². The molecular formula is C6H11NO. The third-order valence-corrected chi connectivity index (χ3v) is 0.949. The summed E-state index contributed by atoms with van der Waals surface area (Å²) in [6.45, 7) is 1.99. The first-order valence-corrected chi connectivity index (χ1v) is 2.86. The number of aliphatic hydroxyl groups is 1. The largest absolute Gasteiger partial charge is 0.392 e. The van der Waals surface area contributed by atoms with Gasteiger partial charge in [-0.3, -0.25) is 0 Å². The Morgan fingerprint density at radius 3 is 2.75 bits per heavy atom. The lowest BCUT2D eigenvalue weighted by Crippen LogP contribution is -2.02. The molecule has 0 saturated carbocycles. The molecular weight excluding hydrogens is 102 g/mol. The first-order chi connectivity index (χ1) is 3.81. The summed E-state index contributed by atoms with van der Waals surface area (Å²) >= 11 is 0. The van der Waals surface area contributed by atoms with Crippen LogP contribution in [0.1, 0.15) is 26.2 Å². The first kappa shape index (κ1) is 7.45. The second-order valence-electron chi connectivity index (χ2n) is 1.80. The molecule has 0 rings (SSSR count). The van der Waals surface area contributed by atoms with E-state index in [-0.39, 0.29) is 6.42 Å². The summed E-state index contributed by atoms with van der Waals surface area (Å²) in [7, 11) is 0. The van der Waals surface area contributed by atoms with Gasteiger partial charge in [-0.15, -0.1) is 0 Å². The van der Waals surface area contributed by atoms with Crippen LogP contribution < -0.4 is 0 Å². The lowest BCUT2D eigenvalue weighted by molar-refractivity contribution is 0.168. The minimum atomic E-state index is -0.398. The predicted molar refractivity (Wildman–Crippen MR) is 31.1 cm³/mol. The molecule has 0 aliphatic rings. The second kappa shape index (κ2) is 4.61. The van der Waals surface area contributed by atoms with Crippen molar-refractivity contribution < 1.29 is 5.11 Å². The highest BCUT2D eigenvalue weighted by Crippen LogP contribution is 1.98.